The molecule has 2 heterocycles. The van der Waals surface area contributed by atoms with Crippen LogP contribution in [-0.4, -0.2) is 29.0 Å². The Hall–Kier alpha value is -3.28. The van der Waals surface area contributed by atoms with Crippen LogP contribution in [0.25, 0.3) is 16.6 Å². The molecule has 0 aliphatic heterocycles. The van der Waals surface area contributed by atoms with Gasteiger partial charge in [0.2, 0.25) is 0 Å². The molecular formula is C20H12ClFN2O6S2. The average Bonchev–Trinajstić information content (AvgIpc) is 3.13. The molecule has 164 valence electrons. The smallest absolute Gasteiger partial charge is 0.346 e. The van der Waals surface area contributed by atoms with Crippen LogP contribution >= 0.6 is 22.9 Å². The van der Waals surface area contributed by atoms with Crippen molar-refractivity contribution < 1.29 is 22.7 Å². The Morgan fingerprint density at radius 1 is 1.19 bits per heavy atom. The second-order valence-electron chi connectivity index (χ2n) is 6.73. The quantitative estimate of drug-likeness (QED) is 0.410. The Balaban J connectivity index is 1.89. The van der Waals surface area contributed by atoms with Gasteiger partial charge in [0.25, 0.3) is 5.56 Å². The Bertz CT molecular complexity index is 1620. The SMILES string of the molecule is O=C(O)c1scc2[nH]c(=O)n(-c3cc(S(=O)(=O)Cc4cccc(Cl)c4)ccc3F)c(=O)c12. The van der Waals surface area contributed by atoms with Gasteiger partial charge in [0.15, 0.2) is 9.84 Å². The van der Waals surface area contributed by atoms with E-state index in [0.29, 0.717) is 15.2 Å². The zero-order chi connectivity index (χ0) is 23.2. The van der Waals surface area contributed by atoms with Gasteiger partial charge >= 0.3 is 11.7 Å². The molecule has 2 aromatic heterocycles. The number of rotatable bonds is 5. The lowest BCUT2D eigenvalue weighted by molar-refractivity contribution is 0.0704. The van der Waals surface area contributed by atoms with Crippen LogP contribution < -0.4 is 11.2 Å². The van der Waals surface area contributed by atoms with Crippen LogP contribution in [-0.2, 0) is 15.6 Å². The Kier molecular flexibility index (Phi) is 5.49. The van der Waals surface area contributed by atoms with Gasteiger partial charge in [-0.2, -0.15) is 0 Å². The van der Waals surface area contributed by atoms with Gasteiger partial charge in [-0.1, -0.05) is 23.7 Å². The highest BCUT2D eigenvalue weighted by atomic mass is 35.5. The third-order valence-electron chi connectivity index (χ3n) is 4.61. The number of H-pyrrole nitrogens is 1. The van der Waals surface area contributed by atoms with E-state index in [1.807, 2.05) is 0 Å². The monoisotopic (exact) mass is 494 g/mol. The number of hydrogen-bond donors (Lipinski definition) is 2. The van der Waals surface area contributed by atoms with Crippen molar-refractivity contribution in [3.63, 3.8) is 0 Å². The Labute approximate surface area is 188 Å². The standard InChI is InChI=1S/C20H12ClFN2O6S2/c21-11-3-1-2-10(6-11)9-32(29,30)12-4-5-13(22)15(7-12)24-18(25)16-14(23-20(24)28)8-31-17(16)19(26)27/h1-8H,9H2,(H,23,28)(H,26,27). The number of halogens is 2. The molecule has 0 unspecified atom stereocenters. The van der Waals surface area contributed by atoms with E-state index in [2.05, 4.69) is 4.98 Å². The number of aromatic amines is 1. The minimum absolute atomic E-state index is 0.0104. The fraction of sp³-hybridized carbons (Fsp3) is 0.0500. The molecule has 32 heavy (non-hydrogen) atoms. The fourth-order valence-corrected chi connectivity index (χ4v) is 5.59. The molecule has 8 nitrogen and oxygen atoms in total. The lowest BCUT2D eigenvalue weighted by Crippen LogP contribution is -2.34. The summed E-state index contributed by atoms with van der Waals surface area (Å²) in [5, 5.41) is 10.6. The summed E-state index contributed by atoms with van der Waals surface area (Å²) in [5.41, 5.74) is -2.35. The van der Waals surface area contributed by atoms with Crippen molar-refractivity contribution >= 4 is 49.6 Å². The molecule has 12 heteroatoms. The maximum Gasteiger partial charge on any atom is 0.346 e. The molecule has 2 N–H and O–H groups in total. The number of sulfone groups is 1. The van der Waals surface area contributed by atoms with Crippen LogP contribution in [0.1, 0.15) is 15.2 Å². The number of carboxylic acids is 1. The van der Waals surface area contributed by atoms with E-state index < -0.39 is 44.3 Å². The maximum atomic E-state index is 14.6. The first-order valence-corrected chi connectivity index (χ1v) is 11.8. The van der Waals surface area contributed by atoms with Crippen molar-refractivity contribution in [1.82, 2.24) is 9.55 Å². The first-order valence-electron chi connectivity index (χ1n) is 8.85. The van der Waals surface area contributed by atoms with E-state index in [1.165, 1.54) is 11.4 Å². The van der Waals surface area contributed by atoms with Gasteiger partial charge in [-0.25, -0.2) is 27.0 Å². The summed E-state index contributed by atoms with van der Waals surface area (Å²) in [4.78, 5) is 38.5. The maximum absolute atomic E-state index is 14.6. The highest BCUT2D eigenvalue weighted by Gasteiger charge is 2.23. The lowest BCUT2D eigenvalue weighted by atomic mass is 10.2. The second-order valence-corrected chi connectivity index (χ2v) is 10.0. The van der Waals surface area contributed by atoms with E-state index in [4.69, 9.17) is 11.6 Å². The van der Waals surface area contributed by atoms with Gasteiger partial charge in [0.05, 0.1) is 27.2 Å². The topological polar surface area (TPSA) is 126 Å². The molecule has 2 aromatic carbocycles. The zero-order valence-corrected chi connectivity index (χ0v) is 18.2. The van der Waals surface area contributed by atoms with Crippen LogP contribution in [0.2, 0.25) is 5.02 Å². The van der Waals surface area contributed by atoms with Crippen LogP contribution in [0.3, 0.4) is 0 Å². The summed E-state index contributed by atoms with van der Waals surface area (Å²) in [6.07, 6.45) is 0. The van der Waals surface area contributed by atoms with Crippen molar-refractivity contribution in [1.29, 1.82) is 0 Å². The number of nitrogens with zero attached hydrogens (tertiary/aromatic N) is 1. The molecule has 0 spiro atoms. The van der Waals surface area contributed by atoms with Gasteiger partial charge in [-0.3, -0.25) is 4.79 Å². The molecule has 0 atom stereocenters. The van der Waals surface area contributed by atoms with E-state index in [-0.39, 0.29) is 20.7 Å². The van der Waals surface area contributed by atoms with Crippen molar-refractivity contribution in [3.05, 3.63) is 90.0 Å². The number of benzene rings is 2. The summed E-state index contributed by atoms with van der Waals surface area (Å²) in [7, 11) is -4.00. The number of carbonyl (C=O) groups is 1. The normalized spacial score (nSPS) is 11.7. The third-order valence-corrected chi connectivity index (χ3v) is 7.50. The fourth-order valence-electron chi connectivity index (χ4n) is 3.20. The van der Waals surface area contributed by atoms with Crippen molar-refractivity contribution in [2.75, 3.05) is 0 Å². The summed E-state index contributed by atoms with van der Waals surface area (Å²) in [6, 6.07) is 8.89. The molecule has 4 rings (SSSR count). The predicted molar refractivity (Wildman–Crippen MR) is 117 cm³/mol. The highest BCUT2D eigenvalue weighted by Crippen LogP contribution is 2.24. The highest BCUT2D eigenvalue weighted by molar-refractivity contribution is 7.90. The van der Waals surface area contributed by atoms with Gasteiger partial charge in [-0.15, -0.1) is 11.3 Å². The Morgan fingerprint density at radius 2 is 1.94 bits per heavy atom. The number of thiophene rings is 1. The van der Waals surface area contributed by atoms with Crippen molar-refractivity contribution in [2.45, 2.75) is 10.6 Å². The minimum Gasteiger partial charge on any atom is -0.477 e. The number of aromatic nitrogens is 2. The Morgan fingerprint density at radius 3 is 2.62 bits per heavy atom. The van der Waals surface area contributed by atoms with Crippen molar-refractivity contribution in [2.24, 2.45) is 0 Å². The van der Waals surface area contributed by atoms with E-state index in [0.717, 1.165) is 29.5 Å². The van der Waals surface area contributed by atoms with Crippen molar-refractivity contribution in [3.8, 4) is 5.69 Å². The zero-order valence-electron chi connectivity index (χ0n) is 15.8. The van der Waals surface area contributed by atoms with Crippen LogP contribution in [0.15, 0.2) is 62.3 Å². The summed E-state index contributed by atoms with van der Waals surface area (Å²) >= 11 is 6.62. The molecule has 4 aromatic rings. The molecule has 0 radical (unpaired) electrons. The first kappa shape index (κ1) is 21.9. The van der Waals surface area contributed by atoms with E-state index in [9.17, 15) is 32.3 Å². The third kappa shape index (κ3) is 3.85. The van der Waals surface area contributed by atoms with Gasteiger partial charge in [0.1, 0.15) is 10.7 Å². The second kappa shape index (κ2) is 8.01. The number of hydrogen-bond acceptors (Lipinski definition) is 6. The van der Waals surface area contributed by atoms with Gasteiger partial charge in [0, 0.05) is 10.4 Å². The number of carboxylic acid groups (broad SMARTS) is 1. The first-order chi connectivity index (χ1) is 15.1. The largest absolute Gasteiger partial charge is 0.477 e. The van der Waals surface area contributed by atoms with Crippen LogP contribution in [0.5, 0.6) is 0 Å². The summed E-state index contributed by atoms with van der Waals surface area (Å²) in [5.74, 6) is -2.87. The summed E-state index contributed by atoms with van der Waals surface area (Å²) in [6.45, 7) is 0. The number of fused-ring (bicyclic) bond motifs is 1. The number of aromatic carboxylic acids is 1. The lowest BCUT2D eigenvalue weighted by Gasteiger charge is -2.10. The van der Waals surface area contributed by atoms with E-state index >= 15 is 0 Å². The molecule has 0 aliphatic carbocycles. The van der Waals surface area contributed by atoms with Gasteiger partial charge in [-0.05, 0) is 35.9 Å². The molecule has 0 amide bonds. The number of nitrogens with one attached hydrogen (secondary N) is 1. The average molecular weight is 495 g/mol. The minimum atomic E-state index is -4.00. The van der Waals surface area contributed by atoms with E-state index in [1.54, 1.807) is 18.2 Å². The summed E-state index contributed by atoms with van der Waals surface area (Å²) < 4.78 is 40.8. The van der Waals surface area contributed by atoms with Crippen LogP contribution in [0, 0.1) is 5.82 Å². The molecule has 0 aliphatic rings. The molecule has 0 fully saturated rings. The molecular weight excluding hydrogens is 483 g/mol. The molecule has 0 saturated carbocycles. The molecule has 0 saturated heterocycles. The predicted octanol–water partition coefficient (Wildman–Crippen LogP) is 3.21. The van der Waals surface area contributed by atoms with Crippen LogP contribution in [0.4, 0.5) is 4.39 Å². The van der Waals surface area contributed by atoms with Gasteiger partial charge < -0.3 is 10.1 Å². The molecule has 0 bridgehead atoms.